The van der Waals surface area contributed by atoms with Crippen molar-refractivity contribution < 1.29 is 18.8 Å². The Balaban J connectivity index is 1.43. The zero-order valence-corrected chi connectivity index (χ0v) is 13.8. The van der Waals surface area contributed by atoms with Gasteiger partial charge in [0.15, 0.2) is 6.61 Å². The average molecular weight is 345 g/mol. The van der Waals surface area contributed by atoms with Gasteiger partial charge in [-0.25, -0.2) is 4.98 Å². The number of para-hydroxylation sites is 1. The van der Waals surface area contributed by atoms with E-state index in [1.54, 1.807) is 24.3 Å². The van der Waals surface area contributed by atoms with Crippen LogP contribution in [0.3, 0.4) is 0 Å². The van der Waals surface area contributed by atoms with Crippen molar-refractivity contribution in [2.24, 2.45) is 0 Å². The maximum atomic E-state index is 11.7. The lowest BCUT2D eigenvalue weighted by Crippen LogP contribution is -2.20. The molecule has 0 spiro atoms. The standard InChI is InChI=1S/C16H15N3O4S/c1-10-8-14(23-19-10)18-13(20)9-22-16(21)7-6-15-17-11-4-2-3-5-12(11)24-15/h2-5,8H,6-7,9H2,1H3,(H,18,20). The van der Waals surface area contributed by atoms with Gasteiger partial charge in [-0.05, 0) is 19.1 Å². The van der Waals surface area contributed by atoms with Gasteiger partial charge in [0.25, 0.3) is 5.91 Å². The maximum absolute atomic E-state index is 11.7. The molecule has 0 bridgehead atoms. The Kier molecular flexibility index (Phi) is 4.85. The Morgan fingerprint density at radius 3 is 2.92 bits per heavy atom. The number of benzene rings is 1. The van der Waals surface area contributed by atoms with Crippen LogP contribution in [0.2, 0.25) is 0 Å². The molecule has 0 saturated carbocycles. The molecule has 24 heavy (non-hydrogen) atoms. The normalized spacial score (nSPS) is 10.7. The minimum absolute atomic E-state index is 0.175. The smallest absolute Gasteiger partial charge is 0.306 e. The van der Waals surface area contributed by atoms with Gasteiger partial charge in [-0.3, -0.25) is 14.9 Å². The Labute approximate surface area is 141 Å². The van der Waals surface area contributed by atoms with E-state index in [1.165, 1.54) is 0 Å². The first kappa shape index (κ1) is 16.1. The molecule has 3 rings (SSSR count). The minimum atomic E-state index is -0.473. The van der Waals surface area contributed by atoms with Crippen LogP contribution in [0.1, 0.15) is 17.1 Å². The number of carbonyl (C=O) groups is 2. The molecule has 0 aliphatic heterocycles. The Hall–Kier alpha value is -2.74. The summed E-state index contributed by atoms with van der Waals surface area (Å²) in [6.45, 7) is 1.37. The van der Waals surface area contributed by atoms with Gasteiger partial charge in [-0.15, -0.1) is 11.3 Å². The summed E-state index contributed by atoms with van der Waals surface area (Å²) in [5.41, 5.74) is 1.57. The van der Waals surface area contributed by atoms with Gasteiger partial charge < -0.3 is 9.26 Å². The number of carbonyl (C=O) groups excluding carboxylic acids is 2. The zero-order valence-electron chi connectivity index (χ0n) is 12.9. The molecule has 0 radical (unpaired) electrons. The van der Waals surface area contributed by atoms with Gasteiger partial charge in [0, 0.05) is 12.5 Å². The first-order valence-electron chi connectivity index (χ1n) is 7.33. The second-order valence-electron chi connectivity index (χ2n) is 5.12. The summed E-state index contributed by atoms with van der Waals surface area (Å²) >= 11 is 1.55. The lowest BCUT2D eigenvalue weighted by molar-refractivity contribution is -0.147. The molecular formula is C16H15N3O4S. The molecule has 8 heteroatoms. The summed E-state index contributed by atoms with van der Waals surface area (Å²) in [5, 5.41) is 6.97. The summed E-state index contributed by atoms with van der Waals surface area (Å²) in [5.74, 6) is -0.694. The zero-order chi connectivity index (χ0) is 16.9. The fraction of sp³-hybridized carbons (Fsp3) is 0.250. The van der Waals surface area contributed by atoms with Gasteiger partial charge in [-0.2, -0.15) is 0 Å². The molecule has 1 aromatic carbocycles. The number of fused-ring (bicyclic) bond motifs is 1. The van der Waals surface area contributed by atoms with Gasteiger partial charge in [0.05, 0.1) is 27.3 Å². The third-order valence-electron chi connectivity index (χ3n) is 3.14. The van der Waals surface area contributed by atoms with Crippen molar-refractivity contribution in [3.05, 3.63) is 41.0 Å². The van der Waals surface area contributed by atoms with Crippen molar-refractivity contribution in [3.8, 4) is 0 Å². The number of esters is 1. The van der Waals surface area contributed by atoms with Crippen molar-refractivity contribution in [1.29, 1.82) is 0 Å². The highest BCUT2D eigenvalue weighted by atomic mass is 32.1. The van der Waals surface area contributed by atoms with Crippen molar-refractivity contribution in [3.63, 3.8) is 0 Å². The molecule has 3 aromatic rings. The number of nitrogens with one attached hydrogen (secondary N) is 1. The second-order valence-corrected chi connectivity index (χ2v) is 6.23. The third kappa shape index (κ3) is 4.17. The van der Waals surface area contributed by atoms with Crippen molar-refractivity contribution in [1.82, 2.24) is 10.1 Å². The van der Waals surface area contributed by atoms with Gasteiger partial charge in [-0.1, -0.05) is 17.3 Å². The highest BCUT2D eigenvalue weighted by molar-refractivity contribution is 7.18. The molecule has 0 unspecified atom stereocenters. The SMILES string of the molecule is Cc1cc(NC(=O)COC(=O)CCc2nc3ccccc3s2)on1. The van der Waals surface area contributed by atoms with Gasteiger partial charge >= 0.3 is 5.97 Å². The van der Waals surface area contributed by atoms with E-state index >= 15 is 0 Å². The fourth-order valence-corrected chi connectivity index (χ4v) is 3.02. The van der Waals surface area contributed by atoms with Crippen LogP contribution >= 0.6 is 11.3 Å². The van der Waals surface area contributed by atoms with Crippen LogP contribution in [-0.4, -0.2) is 28.6 Å². The lowest BCUT2D eigenvalue weighted by Gasteiger charge is -2.03. The highest BCUT2D eigenvalue weighted by Gasteiger charge is 2.11. The number of thiazole rings is 1. The number of nitrogens with zero attached hydrogens (tertiary/aromatic N) is 2. The molecule has 0 aliphatic carbocycles. The Morgan fingerprint density at radius 1 is 1.33 bits per heavy atom. The number of aryl methyl sites for hydroxylation is 2. The number of anilines is 1. The van der Waals surface area contributed by atoms with Gasteiger partial charge in [0.2, 0.25) is 5.88 Å². The Morgan fingerprint density at radius 2 is 2.17 bits per heavy atom. The number of hydrogen-bond acceptors (Lipinski definition) is 7. The Bertz CT molecular complexity index is 838. The molecule has 2 aromatic heterocycles. The van der Waals surface area contributed by atoms with Crippen molar-refractivity contribution in [2.45, 2.75) is 19.8 Å². The summed E-state index contributed by atoms with van der Waals surface area (Å²) in [6.07, 6.45) is 0.662. The molecule has 1 N–H and O–H groups in total. The van der Waals surface area contributed by atoms with Gasteiger partial charge in [0.1, 0.15) is 0 Å². The fourth-order valence-electron chi connectivity index (χ4n) is 2.05. The van der Waals surface area contributed by atoms with Crippen LogP contribution in [0.15, 0.2) is 34.9 Å². The molecule has 2 heterocycles. The minimum Gasteiger partial charge on any atom is -0.456 e. The van der Waals surface area contributed by atoms with Crippen molar-refractivity contribution >= 4 is 39.3 Å². The quantitative estimate of drug-likeness (QED) is 0.690. The highest BCUT2D eigenvalue weighted by Crippen LogP contribution is 2.22. The first-order valence-corrected chi connectivity index (χ1v) is 8.15. The van der Waals surface area contributed by atoms with Crippen LogP contribution < -0.4 is 5.32 Å². The molecule has 124 valence electrons. The molecule has 7 nitrogen and oxygen atoms in total. The summed E-state index contributed by atoms with van der Waals surface area (Å²) in [6, 6.07) is 9.38. The monoisotopic (exact) mass is 345 g/mol. The van der Waals surface area contributed by atoms with E-state index in [2.05, 4.69) is 15.5 Å². The number of amides is 1. The molecule has 0 fully saturated rings. The summed E-state index contributed by atoms with van der Waals surface area (Å²) in [7, 11) is 0. The van der Waals surface area contributed by atoms with E-state index in [-0.39, 0.29) is 18.9 Å². The number of hydrogen-bond donors (Lipinski definition) is 1. The third-order valence-corrected chi connectivity index (χ3v) is 4.23. The number of ether oxygens (including phenoxy) is 1. The van der Waals surface area contributed by atoms with E-state index < -0.39 is 11.9 Å². The van der Waals surface area contributed by atoms with Crippen LogP contribution in [0.4, 0.5) is 5.88 Å². The number of aromatic nitrogens is 2. The topological polar surface area (TPSA) is 94.3 Å². The molecule has 0 saturated heterocycles. The van der Waals surface area contributed by atoms with E-state index in [1.807, 2.05) is 24.3 Å². The van der Waals surface area contributed by atoms with Crippen LogP contribution in [0.25, 0.3) is 10.2 Å². The molecule has 0 aliphatic rings. The average Bonchev–Trinajstić information content (AvgIpc) is 3.16. The molecular weight excluding hydrogens is 330 g/mol. The van der Waals surface area contributed by atoms with Crippen LogP contribution in [-0.2, 0) is 20.7 Å². The second kappa shape index (κ2) is 7.22. The largest absolute Gasteiger partial charge is 0.456 e. The van der Waals surface area contributed by atoms with Crippen LogP contribution in [0.5, 0.6) is 0 Å². The molecule has 1 amide bonds. The summed E-state index contributed by atoms with van der Waals surface area (Å²) in [4.78, 5) is 27.8. The van der Waals surface area contributed by atoms with E-state index in [4.69, 9.17) is 9.26 Å². The predicted molar refractivity (Wildman–Crippen MR) is 88.8 cm³/mol. The summed E-state index contributed by atoms with van der Waals surface area (Å²) < 4.78 is 10.9. The molecule has 0 atom stereocenters. The van der Waals surface area contributed by atoms with E-state index in [0.717, 1.165) is 15.2 Å². The predicted octanol–water partition coefficient (Wildman–Crippen LogP) is 2.71. The van der Waals surface area contributed by atoms with E-state index in [0.29, 0.717) is 12.1 Å². The van der Waals surface area contributed by atoms with E-state index in [9.17, 15) is 9.59 Å². The number of rotatable bonds is 6. The van der Waals surface area contributed by atoms with Crippen LogP contribution in [0, 0.1) is 6.92 Å². The lowest BCUT2D eigenvalue weighted by atomic mass is 10.3. The first-order chi connectivity index (χ1) is 11.6. The maximum Gasteiger partial charge on any atom is 0.306 e. The van der Waals surface area contributed by atoms with Crippen molar-refractivity contribution in [2.75, 3.05) is 11.9 Å².